The highest BCUT2D eigenvalue weighted by Gasteiger charge is 2.34. The molecule has 1 heterocycles. The summed E-state index contributed by atoms with van der Waals surface area (Å²) in [6.07, 6.45) is -3.03. The third kappa shape index (κ3) is 3.55. The monoisotopic (exact) mass is 350 g/mol. The Balaban J connectivity index is 1.77. The van der Waals surface area contributed by atoms with Crippen LogP contribution in [0.4, 0.5) is 24.5 Å². The lowest BCUT2D eigenvalue weighted by Gasteiger charge is -2.30. The van der Waals surface area contributed by atoms with Crippen LogP contribution in [0.2, 0.25) is 0 Å². The number of nitrogens with zero attached hydrogens (tertiary/aromatic N) is 1. The van der Waals surface area contributed by atoms with Crippen LogP contribution in [0.5, 0.6) is 5.75 Å². The summed E-state index contributed by atoms with van der Waals surface area (Å²) in [6, 6.07) is 10.1. The van der Waals surface area contributed by atoms with Gasteiger partial charge in [-0.15, -0.1) is 0 Å². The fraction of sp³-hybridized carbons (Fsp3) is 0.278. The molecule has 0 saturated carbocycles. The van der Waals surface area contributed by atoms with Crippen LogP contribution in [0, 0.1) is 0 Å². The van der Waals surface area contributed by atoms with Gasteiger partial charge in [0.2, 0.25) is 0 Å². The summed E-state index contributed by atoms with van der Waals surface area (Å²) in [5, 5.41) is 0. The first-order valence-corrected chi connectivity index (χ1v) is 7.84. The highest BCUT2D eigenvalue weighted by atomic mass is 19.4. The molecule has 132 valence electrons. The first kappa shape index (κ1) is 17.1. The molecule has 0 spiro atoms. The minimum Gasteiger partial charge on any atom is -0.483 e. The highest BCUT2D eigenvalue weighted by Crippen LogP contribution is 2.36. The van der Waals surface area contributed by atoms with Crippen LogP contribution in [0.25, 0.3) is 0 Å². The van der Waals surface area contributed by atoms with Gasteiger partial charge in [0, 0.05) is 17.9 Å². The molecule has 2 aromatic carbocycles. The summed E-state index contributed by atoms with van der Waals surface area (Å²) in [5.41, 5.74) is 7.24. The van der Waals surface area contributed by atoms with E-state index >= 15 is 0 Å². The van der Waals surface area contributed by atoms with Crippen molar-refractivity contribution in [2.24, 2.45) is 0 Å². The van der Waals surface area contributed by atoms with Gasteiger partial charge in [-0.3, -0.25) is 4.79 Å². The van der Waals surface area contributed by atoms with Gasteiger partial charge >= 0.3 is 6.18 Å². The van der Waals surface area contributed by atoms with Crippen molar-refractivity contribution >= 4 is 17.3 Å². The molecule has 0 fully saturated rings. The summed E-state index contributed by atoms with van der Waals surface area (Å²) >= 11 is 0. The van der Waals surface area contributed by atoms with E-state index in [0.29, 0.717) is 17.9 Å². The molecule has 0 aliphatic carbocycles. The topological polar surface area (TPSA) is 55.6 Å². The average Bonchev–Trinajstić information content (AvgIpc) is 2.59. The van der Waals surface area contributed by atoms with Crippen molar-refractivity contribution in [3.05, 3.63) is 53.6 Å². The molecule has 7 heteroatoms. The number of halogens is 3. The van der Waals surface area contributed by atoms with Gasteiger partial charge in [0.05, 0.1) is 5.56 Å². The number of hydrogen-bond donors (Lipinski definition) is 1. The van der Waals surface area contributed by atoms with Crippen LogP contribution in [0.1, 0.15) is 17.5 Å². The van der Waals surface area contributed by atoms with Crippen LogP contribution < -0.4 is 15.4 Å². The fourth-order valence-electron chi connectivity index (χ4n) is 2.95. The van der Waals surface area contributed by atoms with E-state index in [4.69, 9.17) is 10.5 Å². The molecule has 1 aliphatic heterocycles. The lowest BCUT2D eigenvalue weighted by molar-refractivity contribution is -0.139. The summed E-state index contributed by atoms with van der Waals surface area (Å²) in [6.45, 7) is 0.0148. The predicted octanol–water partition coefficient (Wildman–Crippen LogP) is 3.65. The number of rotatable bonds is 3. The number of ether oxygens (including phenoxy) is 1. The zero-order valence-corrected chi connectivity index (χ0v) is 13.3. The quantitative estimate of drug-likeness (QED) is 0.860. The Morgan fingerprint density at radius 2 is 1.92 bits per heavy atom. The molecule has 1 aliphatic rings. The zero-order valence-electron chi connectivity index (χ0n) is 13.3. The van der Waals surface area contributed by atoms with Crippen molar-refractivity contribution in [3.63, 3.8) is 0 Å². The van der Waals surface area contributed by atoms with Crippen LogP contribution in [0.3, 0.4) is 0 Å². The third-order valence-corrected chi connectivity index (χ3v) is 4.13. The molecule has 1 amide bonds. The lowest BCUT2D eigenvalue weighted by atomic mass is 10.00. The lowest BCUT2D eigenvalue weighted by Crippen LogP contribution is -2.39. The number of fused-ring (bicyclic) bond motifs is 1. The predicted molar refractivity (Wildman–Crippen MR) is 88.5 cm³/mol. The number of anilines is 2. The van der Waals surface area contributed by atoms with Crippen molar-refractivity contribution in [3.8, 4) is 5.75 Å². The molecule has 2 aromatic rings. The molecule has 4 nitrogen and oxygen atoms in total. The molecule has 25 heavy (non-hydrogen) atoms. The summed E-state index contributed by atoms with van der Waals surface area (Å²) in [7, 11) is 0. The van der Waals surface area contributed by atoms with E-state index in [0.717, 1.165) is 24.5 Å². The molecule has 0 radical (unpaired) electrons. The molecule has 0 saturated heterocycles. The van der Waals surface area contributed by atoms with Gasteiger partial charge in [0.25, 0.3) is 5.91 Å². The van der Waals surface area contributed by atoms with E-state index < -0.39 is 24.3 Å². The van der Waals surface area contributed by atoms with Crippen molar-refractivity contribution in [2.75, 3.05) is 23.8 Å². The second-order valence-corrected chi connectivity index (χ2v) is 5.78. The number of carbonyl (C=O) groups excluding carboxylic acids is 1. The Bertz CT molecular complexity index is 790. The van der Waals surface area contributed by atoms with E-state index in [1.165, 1.54) is 23.1 Å². The number of carbonyl (C=O) groups is 1. The van der Waals surface area contributed by atoms with E-state index in [1.54, 1.807) is 18.2 Å². The number of nitrogen functional groups attached to an aromatic ring is 1. The largest absolute Gasteiger partial charge is 0.483 e. The average molecular weight is 350 g/mol. The number of amides is 1. The molecule has 0 unspecified atom stereocenters. The summed E-state index contributed by atoms with van der Waals surface area (Å²) in [5.74, 6) is -0.753. The van der Waals surface area contributed by atoms with Crippen LogP contribution >= 0.6 is 0 Å². The fourth-order valence-corrected chi connectivity index (χ4v) is 2.95. The minimum atomic E-state index is -4.54. The summed E-state index contributed by atoms with van der Waals surface area (Å²) in [4.78, 5) is 14.0. The second-order valence-electron chi connectivity index (χ2n) is 5.78. The SMILES string of the molecule is Nc1cccc2c1CCCN2C(=O)COc1ccccc1C(F)(F)F. The summed E-state index contributed by atoms with van der Waals surface area (Å²) < 4.78 is 44.1. The number of hydrogen-bond acceptors (Lipinski definition) is 3. The maximum absolute atomic E-state index is 13.0. The molecule has 0 atom stereocenters. The van der Waals surface area contributed by atoms with E-state index in [9.17, 15) is 18.0 Å². The van der Waals surface area contributed by atoms with Crippen LogP contribution in [-0.4, -0.2) is 19.1 Å². The smallest absolute Gasteiger partial charge is 0.419 e. The Hall–Kier alpha value is -2.70. The first-order chi connectivity index (χ1) is 11.9. The minimum absolute atomic E-state index is 0.354. The first-order valence-electron chi connectivity index (χ1n) is 7.84. The van der Waals surface area contributed by atoms with E-state index in [-0.39, 0.29) is 5.75 Å². The van der Waals surface area contributed by atoms with Gasteiger partial charge in [-0.05, 0) is 42.7 Å². The van der Waals surface area contributed by atoms with Gasteiger partial charge in [0.15, 0.2) is 6.61 Å². The number of benzene rings is 2. The van der Waals surface area contributed by atoms with Crippen molar-refractivity contribution in [1.29, 1.82) is 0 Å². The van der Waals surface area contributed by atoms with Crippen LogP contribution in [0.15, 0.2) is 42.5 Å². The van der Waals surface area contributed by atoms with Gasteiger partial charge in [0.1, 0.15) is 5.75 Å². The normalized spacial score (nSPS) is 14.1. The molecular formula is C18H17F3N2O2. The van der Waals surface area contributed by atoms with Gasteiger partial charge in [-0.1, -0.05) is 18.2 Å². The molecule has 0 bridgehead atoms. The van der Waals surface area contributed by atoms with Crippen molar-refractivity contribution in [1.82, 2.24) is 0 Å². The van der Waals surface area contributed by atoms with Gasteiger partial charge in [-0.2, -0.15) is 13.2 Å². The molecular weight excluding hydrogens is 333 g/mol. The maximum Gasteiger partial charge on any atom is 0.419 e. The van der Waals surface area contributed by atoms with E-state index in [1.807, 2.05) is 0 Å². The van der Waals surface area contributed by atoms with E-state index in [2.05, 4.69) is 0 Å². The Morgan fingerprint density at radius 3 is 2.68 bits per heavy atom. The maximum atomic E-state index is 13.0. The van der Waals surface area contributed by atoms with Crippen LogP contribution in [-0.2, 0) is 17.4 Å². The Kier molecular flexibility index (Phi) is 4.57. The molecule has 2 N–H and O–H groups in total. The van der Waals surface area contributed by atoms with Gasteiger partial charge in [-0.25, -0.2) is 0 Å². The number of para-hydroxylation sites is 1. The standard InChI is InChI=1S/C18H17F3N2O2/c19-18(20,21)13-6-1-2-9-16(13)25-11-17(24)23-10-4-5-12-14(22)7-3-8-15(12)23/h1-3,6-9H,4-5,10-11,22H2. The zero-order chi connectivity index (χ0) is 18.0. The number of alkyl halides is 3. The Morgan fingerprint density at radius 1 is 1.16 bits per heavy atom. The molecule has 3 rings (SSSR count). The van der Waals surface area contributed by atoms with Gasteiger partial charge < -0.3 is 15.4 Å². The number of nitrogens with two attached hydrogens (primary N) is 1. The molecule has 0 aromatic heterocycles. The second kappa shape index (κ2) is 6.66. The highest BCUT2D eigenvalue weighted by molar-refractivity contribution is 5.96. The third-order valence-electron chi connectivity index (χ3n) is 4.13. The van der Waals surface area contributed by atoms with Crippen molar-refractivity contribution in [2.45, 2.75) is 19.0 Å². The Labute approximate surface area is 143 Å². The van der Waals surface area contributed by atoms with Crippen molar-refractivity contribution < 1.29 is 22.7 Å².